The third-order valence-corrected chi connectivity index (χ3v) is 2.79. The van der Waals surface area contributed by atoms with Crippen LogP contribution in [0.2, 0.25) is 0 Å². The van der Waals surface area contributed by atoms with E-state index in [2.05, 4.69) is 13.8 Å². The first-order chi connectivity index (χ1) is 8.22. The molecule has 0 aromatic heterocycles. The minimum Gasteiger partial charge on any atom is -0.427 e. The number of ether oxygens (including phenoxy) is 1. The molecule has 0 spiro atoms. The Morgan fingerprint density at radius 3 is 2.59 bits per heavy atom. The summed E-state index contributed by atoms with van der Waals surface area (Å²) in [5.74, 6) is 0.927. The number of benzene rings is 1. The first kappa shape index (κ1) is 13.8. The molecule has 2 nitrogen and oxygen atoms in total. The molecule has 0 fully saturated rings. The van der Waals surface area contributed by atoms with Crippen molar-refractivity contribution in [1.29, 1.82) is 0 Å². The summed E-state index contributed by atoms with van der Waals surface area (Å²) in [7, 11) is 0. The summed E-state index contributed by atoms with van der Waals surface area (Å²) in [6.45, 7) is 4.30. The van der Waals surface area contributed by atoms with Gasteiger partial charge < -0.3 is 4.74 Å². The maximum atomic E-state index is 11.6. The molecule has 0 bridgehead atoms. The number of carbonyl (C=O) groups excluding carboxylic acids is 1. The molecule has 0 N–H and O–H groups in total. The number of hydrogen-bond acceptors (Lipinski definition) is 2. The molecule has 0 saturated carbocycles. The van der Waals surface area contributed by atoms with Crippen molar-refractivity contribution in [3.63, 3.8) is 0 Å². The van der Waals surface area contributed by atoms with Gasteiger partial charge in [0.05, 0.1) is 0 Å². The number of rotatable bonds is 7. The lowest BCUT2D eigenvalue weighted by molar-refractivity contribution is -0.135. The Balaban J connectivity index is 2.25. The predicted octanol–water partition coefficient (Wildman–Crippen LogP) is 4.20. The molecule has 0 aliphatic heterocycles. The van der Waals surface area contributed by atoms with Crippen molar-refractivity contribution in [3.05, 3.63) is 30.3 Å². The monoisotopic (exact) mass is 234 g/mol. The maximum absolute atomic E-state index is 11.6. The topological polar surface area (TPSA) is 26.3 Å². The molecule has 0 aliphatic rings. The van der Waals surface area contributed by atoms with E-state index in [9.17, 15) is 4.79 Å². The van der Waals surface area contributed by atoms with Gasteiger partial charge in [-0.2, -0.15) is 0 Å². The zero-order valence-electron chi connectivity index (χ0n) is 10.8. The molecule has 0 radical (unpaired) electrons. The van der Waals surface area contributed by atoms with E-state index in [4.69, 9.17) is 4.74 Å². The SMILES string of the molecule is CCCCCC(C)CC(=O)Oc1ccccc1. The standard InChI is InChI=1S/C15H22O2/c1-3-4-6-9-13(2)12-15(16)17-14-10-7-5-8-11-14/h5,7-8,10-11,13H,3-4,6,9,12H2,1-2H3. The van der Waals surface area contributed by atoms with Crippen molar-refractivity contribution in [2.45, 2.75) is 46.0 Å². The molecule has 1 unspecified atom stereocenters. The summed E-state index contributed by atoms with van der Waals surface area (Å²) in [5.41, 5.74) is 0. The fraction of sp³-hybridized carbons (Fsp3) is 0.533. The molecular weight excluding hydrogens is 212 g/mol. The average molecular weight is 234 g/mol. The van der Waals surface area contributed by atoms with Crippen LogP contribution in [0, 0.1) is 5.92 Å². The fourth-order valence-corrected chi connectivity index (χ4v) is 1.79. The van der Waals surface area contributed by atoms with Crippen LogP contribution in [0.15, 0.2) is 30.3 Å². The van der Waals surface area contributed by atoms with E-state index < -0.39 is 0 Å². The minimum absolute atomic E-state index is 0.125. The van der Waals surface area contributed by atoms with E-state index in [1.807, 2.05) is 18.2 Å². The van der Waals surface area contributed by atoms with Crippen LogP contribution < -0.4 is 4.74 Å². The van der Waals surface area contributed by atoms with E-state index in [0.717, 1.165) is 6.42 Å². The van der Waals surface area contributed by atoms with Gasteiger partial charge in [0, 0.05) is 6.42 Å². The summed E-state index contributed by atoms with van der Waals surface area (Å²) in [4.78, 5) is 11.6. The smallest absolute Gasteiger partial charge is 0.311 e. The van der Waals surface area contributed by atoms with Crippen LogP contribution in [0.1, 0.15) is 46.0 Å². The molecular formula is C15H22O2. The molecule has 1 atom stereocenters. The molecule has 1 rings (SSSR count). The third-order valence-electron chi connectivity index (χ3n) is 2.79. The van der Waals surface area contributed by atoms with Gasteiger partial charge in [-0.05, 0) is 18.1 Å². The van der Waals surface area contributed by atoms with Gasteiger partial charge in [0.25, 0.3) is 0 Å². The second-order valence-electron chi connectivity index (χ2n) is 4.59. The molecule has 17 heavy (non-hydrogen) atoms. The van der Waals surface area contributed by atoms with Crippen LogP contribution in [-0.2, 0) is 4.79 Å². The first-order valence-electron chi connectivity index (χ1n) is 6.48. The Hall–Kier alpha value is -1.31. The summed E-state index contributed by atoms with van der Waals surface area (Å²) in [6.07, 6.45) is 5.30. The van der Waals surface area contributed by atoms with Crippen LogP contribution >= 0.6 is 0 Å². The number of esters is 1. The Labute approximate surface area is 104 Å². The normalized spacial score (nSPS) is 12.1. The third kappa shape index (κ3) is 6.10. The van der Waals surface area contributed by atoms with E-state index in [-0.39, 0.29) is 5.97 Å². The first-order valence-corrected chi connectivity index (χ1v) is 6.48. The van der Waals surface area contributed by atoms with Gasteiger partial charge in [-0.3, -0.25) is 4.79 Å². The lowest BCUT2D eigenvalue weighted by atomic mass is 10.0. The van der Waals surface area contributed by atoms with Crippen molar-refractivity contribution in [2.75, 3.05) is 0 Å². The Morgan fingerprint density at radius 2 is 1.94 bits per heavy atom. The highest BCUT2D eigenvalue weighted by atomic mass is 16.5. The second kappa shape index (κ2) is 7.88. The van der Waals surface area contributed by atoms with E-state index in [1.54, 1.807) is 12.1 Å². The van der Waals surface area contributed by atoms with Gasteiger partial charge >= 0.3 is 5.97 Å². The lowest BCUT2D eigenvalue weighted by Crippen LogP contribution is -2.12. The summed E-state index contributed by atoms with van der Waals surface area (Å²) >= 11 is 0. The molecule has 0 heterocycles. The van der Waals surface area contributed by atoms with Gasteiger partial charge in [-0.15, -0.1) is 0 Å². The fourth-order valence-electron chi connectivity index (χ4n) is 1.79. The molecule has 0 saturated heterocycles. The Kier molecular flexibility index (Phi) is 6.38. The van der Waals surface area contributed by atoms with Crippen LogP contribution in [0.4, 0.5) is 0 Å². The maximum Gasteiger partial charge on any atom is 0.311 e. The molecule has 2 heteroatoms. The minimum atomic E-state index is -0.125. The summed E-state index contributed by atoms with van der Waals surface area (Å²) in [6, 6.07) is 9.25. The average Bonchev–Trinajstić information content (AvgIpc) is 2.30. The molecule has 1 aromatic carbocycles. The van der Waals surface area contributed by atoms with Crippen molar-refractivity contribution in [2.24, 2.45) is 5.92 Å². The van der Waals surface area contributed by atoms with Crippen LogP contribution in [0.5, 0.6) is 5.75 Å². The van der Waals surface area contributed by atoms with Crippen molar-refractivity contribution >= 4 is 5.97 Å². The molecule has 0 amide bonds. The summed E-state index contributed by atoms with van der Waals surface area (Å²) < 4.78 is 5.25. The number of unbranched alkanes of at least 4 members (excludes halogenated alkanes) is 2. The lowest BCUT2D eigenvalue weighted by Gasteiger charge is -2.10. The zero-order valence-corrected chi connectivity index (χ0v) is 10.8. The van der Waals surface area contributed by atoms with E-state index >= 15 is 0 Å². The van der Waals surface area contributed by atoms with Gasteiger partial charge in [-0.1, -0.05) is 57.7 Å². The highest BCUT2D eigenvalue weighted by Crippen LogP contribution is 2.15. The summed E-state index contributed by atoms with van der Waals surface area (Å²) in [5, 5.41) is 0. The van der Waals surface area contributed by atoms with Crippen molar-refractivity contribution < 1.29 is 9.53 Å². The quantitative estimate of drug-likeness (QED) is 0.401. The van der Waals surface area contributed by atoms with Gasteiger partial charge in [-0.25, -0.2) is 0 Å². The van der Waals surface area contributed by atoms with Crippen molar-refractivity contribution in [1.82, 2.24) is 0 Å². The molecule has 1 aromatic rings. The van der Waals surface area contributed by atoms with Crippen LogP contribution in [0.25, 0.3) is 0 Å². The highest BCUT2D eigenvalue weighted by Gasteiger charge is 2.10. The Morgan fingerprint density at radius 1 is 1.24 bits per heavy atom. The van der Waals surface area contributed by atoms with Gasteiger partial charge in [0.1, 0.15) is 5.75 Å². The highest BCUT2D eigenvalue weighted by molar-refractivity contribution is 5.72. The van der Waals surface area contributed by atoms with Gasteiger partial charge in [0.15, 0.2) is 0 Å². The number of carbonyl (C=O) groups is 1. The predicted molar refractivity (Wildman–Crippen MR) is 70.0 cm³/mol. The van der Waals surface area contributed by atoms with E-state index in [1.165, 1.54) is 19.3 Å². The van der Waals surface area contributed by atoms with Crippen molar-refractivity contribution in [3.8, 4) is 5.75 Å². The Bertz CT molecular complexity index is 319. The second-order valence-corrected chi connectivity index (χ2v) is 4.59. The van der Waals surface area contributed by atoms with Gasteiger partial charge in [0.2, 0.25) is 0 Å². The zero-order chi connectivity index (χ0) is 12.5. The number of hydrogen-bond donors (Lipinski definition) is 0. The largest absolute Gasteiger partial charge is 0.427 e. The van der Waals surface area contributed by atoms with Crippen LogP contribution in [-0.4, -0.2) is 5.97 Å². The van der Waals surface area contributed by atoms with E-state index in [0.29, 0.717) is 18.1 Å². The number of para-hydroxylation sites is 1. The molecule has 0 aliphatic carbocycles. The van der Waals surface area contributed by atoms with Crippen LogP contribution in [0.3, 0.4) is 0 Å². The molecule has 94 valence electrons.